The maximum absolute atomic E-state index is 11.7. The first-order valence-electron chi connectivity index (χ1n) is 6.77. The third-order valence-electron chi connectivity index (χ3n) is 3.70. The molecule has 1 fully saturated rings. The van der Waals surface area contributed by atoms with Gasteiger partial charge in [-0.15, -0.1) is 0 Å². The summed E-state index contributed by atoms with van der Waals surface area (Å²) in [6.45, 7) is 2.35. The maximum Gasteiger partial charge on any atom is 0.326 e. The number of aryl methyl sites for hydroxylation is 1. The van der Waals surface area contributed by atoms with Gasteiger partial charge in [-0.3, -0.25) is 4.79 Å². The number of primary amides is 1. The van der Waals surface area contributed by atoms with Crippen LogP contribution in [0.3, 0.4) is 0 Å². The summed E-state index contributed by atoms with van der Waals surface area (Å²) >= 11 is 0. The van der Waals surface area contributed by atoms with Gasteiger partial charge in [-0.2, -0.15) is 0 Å². The first kappa shape index (κ1) is 14.3. The standard InChI is InChI=1S/C14H19N3O3/c1-9-6-7-16-13(11(9)12(15)18)17-8-4-2-3-5-10(17)14(19)20/h6-7,10H,2-5,8H2,1H3,(H2,15,18)(H,19,20). The average molecular weight is 277 g/mol. The van der Waals surface area contributed by atoms with E-state index in [1.807, 2.05) is 0 Å². The topological polar surface area (TPSA) is 96.5 Å². The molecule has 1 unspecified atom stereocenters. The Morgan fingerprint density at radius 1 is 1.40 bits per heavy atom. The van der Waals surface area contributed by atoms with Gasteiger partial charge >= 0.3 is 5.97 Å². The molecule has 0 aromatic carbocycles. The van der Waals surface area contributed by atoms with Crippen molar-refractivity contribution in [3.05, 3.63) is 23.4 Å². The van der Waals surface area contributed by atoms with Gasteiger partial charge in [0.25, 0.3) is 5.91 Å². The molecule has 1 aliphatic rings. The van der Waals surface area contributed by atoms with E-state index >= 15 is 0 Å². The lowest BCUT2D eigenvalue weighted by Gasteiger charge is -2.29. The van der Waals surface area contributed by atoms with Crippen molar-refractivity contribution in [2.45, 2.75) is 38.6 Å². The number of rotatable bonds is 3. The number of nitrogens with two attached hydrogens (primary N) is 1. The molecular weight excluding hydrogens is 258 g/mol. The number of carbonyl (C=O) groups is 2. The molecule has 20 heavy (non-hydrogen) atoms. The first-order valence-corrected chi connectivity index (χ1v) is 6.77. The summed E-state index contributed by atoms with van der Waals surface area (Å²) in [5.41, 5.74) is 6.47. The van der Waals surface area contributed by atoms with Gasteiger partial charge in [0.15, 0.2) is 0 Å². The van der Waals surface area contributed by atoms with Crippen LogP contribution in [0.25, 0.3) is 0 Å². The number of anilines is 1. The molecule has 1 aromatic rings. The van der Waals surface area contributed by atoms with Crippen LogP contribution in [0.2, 0.25) is 0 Å². The number of aromatic nitrogens is 1. The Bertz CT molecular complexity index is 530. The monoisotopic (exact) mass is 277 g/mol. The molecule has 6 nitrogen and oxygen atoms in total. The lowest BCUT2D eigenvalue weighted by Crippen LogP contribution is -2.42. The molecule has 3 N–H and O–H groups in total. The number of pyridine rings is 1. The van der Waals surface area contributed by atoms with Gasteiger partial charge < -0.3 is 15.7 Å². The third kappa shape index (κ3) is 2.74. The van der Waals surface area contributed by atoms with Crippen molar-refractivity contribution in [2.75, 3.05) is 11.4 Å². The van der Waals surface area contributed by atoms with Crippen LogP contribution < -0.4 is 10.6 Å². The third-order valence-corrected chi connectivity index (χ3v) is 3.70. The fourth-order valence-corrected chi connectivity index (χ4v) is 2.68. The highest BCUT2D eigenvalue weighted by molar-refractivity contribution is 5.99. The Balaban J connectivity index is 2.49. The summed E-state index contributed by atoms with van der Waals surface area (Å²) in [6, 6.07) is 1.06. The van der Waals surface area contributed by atoms with Gasteiger partial charge in [0.2, 0.25) is 0 Å². The van der Waals surface area contributed by atoms with Crippen LogP contribution in [0.1, 0.15) is 41.6 Å². The number of amides is 1. The van der Waals surface area contributed by atoms with Gasteiger partial charge in [-0.1, -0.05) is 12.8 Å². The Morgan fingerprint density at radius 3 is 2.80 bits per heavy atom. The van der Waals surface area contributed by atoms with E-state index in [2.05, 4.69) is 4.98 Å². The molecule has 1 aliphatic heterocycles. The molecule has 0 spiro atoms. The molecule has 0 bridgehead atoms. The number of hydrogen-bond acceptors (Lipinski definition) is 4. The van der Waals surface area contributed by atoms with Crippen LogP contribution in [0, 0.1) is 6.92 Å². The molecule has 1 amide bonds. The minimum Gasteiger partial charge on any atom is -0.480 e. The number of nitrogens with zero attached hydrogens (tertiary/aromatic N) is 2. The highest BCUT2D eigenvalue weighted by Gasteiger charge is 2.30. The van der Waals surface area contributed by atoms with Gasteiger partial charge in [0, 0.05) is 12.7 Å². The molecule has 2 rings (SSSR count). The summed E-state index contributed by atoms with van der Waals surface area (Å²) in [6.07, 6.45) is 4.88. The highest BCUT2D eigenvalue weighted by Crippen LogP contribution is 2.27. The number of carboxylic acid groups (broad SMARTS) is 1. The lowest BCUT2D eigenvalue weighted by molar-refractivity contribution is -0.138. The maximum atomic E-state index is 11.7. The van der Waals surface area contributed by atoms with E-state index in [0.717, 1.165) is 24.8 Å². The number of hydrogen-bond donors (Lipinski definition) is 2. The molecule has 0 radical (unpaired) electrons. The zero-order chi connectivity index (χ0) is 14.7. The number of aliphatic carboxylic acids is 1. The minimum absolute atomic E-state index is 0.320. The fourth-order valence-electron chi connectivity index (χ4n) is 2.68. The second-order valence-corrected chi connectivity index (χ2v) is 5.09. The highest BCUT2D eigenvalue weighted by atomic mass is 16.4. The summed E-state index contributed by atoms with van der Waals surface area (Å²) in [5, 5.41) is 9.41. The Morgan fingerprint density at radius 2 is 2.15 bits per heavy atom. The van der Waals surface area contributed by atoms with Crippen LogP contribution >= 0.6 is 0 Å². The van der Waals surface area contributed by atoms with Gasteiger partial charge in [0.05, 0.1) is 5.56 Å². The second kappa shape index (κ2) is 5.90. The van der Waals surface area contributed by atoms with E-state index in [1.54, 1.807) is 24.1 Å². The summed E-state index contributed by atoms with van der Waals surface area (Å²) in [7, 11) is 0. The van der Waals surface area contributed by atoms with Crippen molar-refractivity contribution in [3.8, 4) is 0 Å². The molecule has 1 atom stereocenters. The van der Waals surface area contributed by atoms with Crippen molar-refractivity contribution < 1.29 is 14.7 Å². The lowest BCUT2D eigenvalue weighted by atomic mass is 10.1. The van der Waals surface area contributed by atoms with Crippen LogP contribution in [-0.2, 0) is 4.79 Å². The van der Waals surface area contributed by atoms with E-state index in [4.69, 9.17) is 5.73 Å². The van der Waals surface area contributed by atoms with Crippen molar-refractivity contribution in [2.24, 2.45) is 5.73 Å². The normalized spacial score (nSPS) is 19.4. The minimum atomic E-state index is -0.884. The zero-order valence-electron chi connectivity index (χ0n) is 11.5. The summed E-state index contributed by atoms with van der Waals surface area (Å²) in [4.78, 5) is 29.1. The van der Waals surface area contributed by atoms with E-state index in [1.165, 1.54) is 0 Å². The predicted molar refractivity (Wildman–Crippen MR) is 74.7 cm³/mol. The molecule has 0 saturated carbocycles. The predicted octanol–water partition coefficient (Wildman–Crippen LogP) is 1.32. The van der Waals surface area contributed by atoms with Crippen LogP contribution in [0.5, 0.6) is 0 Å². The Kier molecular flexibility index (Phi) is 4.22. The van der Waals surface area contributed by atoms with E-state index in [9.17, 15) is 14.7 Å². The second-order valence-electron chi connectivity index (χ2n) is 5.09. The van der Waals surface area contributed by atoms with Gasteiger partial charge in [-0.25, -0.2) is 9.78 Å². The van der Waals surface area contributed by atoms with E-state index < -0.39 is 17.9 Å². The average Bonchev–Trinajstić information content (AvgIpc) is 2.63. The number of carbonyl (C=O) groups excluding carboxylic acids is 1. The zero-order valence-corrected chi connectivity index (χ0v) is 11.5. The molecule has 6 heteroatoms. The van der Waals surface area contributed by atoms with Crippen molar-refractivity contribution >= 4 is 17.7 Å². The SMILES string of the molecule is Cc1ccnc(N2CCCCCC2C(=O)O)c1C(N)=O. The van der Waals surface area contributed by atoms with E-state index in [-0.39, 0.29) is 0 Å². The largest absolute Gasteiger partial charge is 0.480 e. The smallest absolute Gasteiger partial charge is 0.326 e. The molecule has 1 aromatic heterocycles. The van der Waals surface area contributed by atoms with Crippen molar-refractivity contribution in [1.82, 2.24) is 4.98 Å². The summed E-state index contributed by atoms with van der Waals surface area (Å²) < 4.78 is 0. The van der Waals surface area contributed by atoms with Crippen molar-refractivity contribution in [3.63, 3.8) is 0 Å². The first-order chi connectivity index (χ1) is 9.52. The van der Waals surface area contributed by atoms with Crippen LogP contribution in [0.15, 0.2) is 12.3 Å². The Hall–Kier alpha value is -2.11. The van der Waals surface area contributed by atoms with Gasteiger partial charge in [-0.05, 0) is 31.4 Å². The van der Waals surface area contributed by atoms with E-state index in [0.29, 0.717) is 24.3 Å². The van der Waals surface area contributed by atoms with Gasteiger partial charge in [0.1, 0.15) is 11.9 Å². The molecule has 0 aliphatic carbocycles. The molecule has 108 valence electrons. The fraction of sp³-hybridized carbons (Fsp3) is 0.500. The summed E-state index contributed by atoms with van der Waals surface area (Å²) in [5.74, 6) is -1.06. The van der Waals surface area contributed by atoms with Crippen LogP contribution in [-0.4, -0.2) is 34.6 Å². The quantitative estimate of drug-likeness (QED) is 0.868. The molecule has 2 heterocycles. The van der Waals surface area contributed by atoms with Crippen molar-refractivity contribution in [1.29, 1.82) is 0 Å². The molecular formula is C14H19N3O3. The molecule has 1 saturated heterocycles. The number of carboxylic acids is 1. The van der Waals surface area contributed by atoms with Crippen LogP contribution in [0.4, 0.5) is 5.82 Å². The Labute approximate surface area is 117 Å².